The highest BCUT2D eigenvalue weighted by Gasteiger charge is 2.06. The molecule has 0 aliphatic rings. The van der Waals surface area contributed by atoms with Gasteiger partial charge in [-0.1, -0.05) is 13.0 Å². The molecule has 0 saturated carbocycles. The summed E-state index contributed by atoms with van der Waals surface area (Å²) in [6.45, 7) is 3.40. The molecule has 0 bridgehead atoms. The number of benzene rings is 1. The monoisotopic (exact) mass is 246 g/mol. The summed E-state index contributed by atoms with van der Waals surface area (Å²) in [5.74, 6) is 0.613. The topological polar surface area (TPSA) is 57.2 Å². The number of primary amides is 1. The van der Waals surface area contributed by atoms with Gasteiger partial charge in [-0.15, -0.1) is 0 Å². The summed E-state index contributed by atoms with van der Waals surface area (Å²) in [7, 11) is 0. The van der Waals surface area contributed by atoms with Crippen LogP contribution in [0.1, 0.15) is 19.8 Å². The Kier molecular flexibility index (Phi) is 3.87. The normalized spacial score (nSPS) is 10.7. The number of hydrogen-bond donors (Lipinski definition) is 1. The Balaban J connectivity index is 2.26. The Bertz CT molecular complexity index is 546. The van der Waals surface area contributed by atoms with E-state index in [2.05, 4.69) is 6.92 Å². The van der Waals surface area contributed by atoms with Gasteiger partial charge < -0.3 is 15.0 Å². The zero-order chi connectivity index (χ0) is 13.0. The quantitative estimate of drug-likeness (QED) is 0.850. The first-order valence-corrected chi connectivity index (χ1v) is 6.21. The van der Waals surface area contributed by atoms with Crippen LogP contribution in [0.15, 0.2) is 30.5 Å². The average molecular weight is 246 g/mol. The Morgan fingerprint density at radius 3 is 2.94 bits per heavy atom. The molecule has 1 aromatic carbocycles. The first-order valence-electron chi connectivity index (χ1n) is 6.21. The molecular formula is C14H18N2O2. The molecule has 0 aliphatic heterocycles. The van der Waals surface area contributed by atoms with Crippen LogP contribution in [0.4, 0.5) is 0 Å². The van der Waals surface area contributed by atoms with E-state index in [9.17, 15) is 4.79 Å². The van der Waals surface area contributed by atoms with Gasteiger partial charge in [0.1, 0.15) is 5.75 Å². The van der Waals surface area contributed by atoms with Crippen molar-refractivity contribution in [3.8, 4) is 5.75 Å². The van der Waals surface area contributed by atoms with Crippen molar-refractivity contribution in [2.45, 2.75) is 26.3 Å². The third-order valence-corrected chi connectivity index (χ3v) is 2.83. The van der Waals surface area contributed by atoms with Gasteiger partial charge in [0.2, 0.25) is 5.91 Å². The lowest BCUT2D eigenvalue weighted by Crippen LogP contribution is -2.13. The summed E-state index contributed by atoms with van der Waals surface area (Å²) in [6, 6.07) is 7.97. The average Bonchev–Trinajstić information content (AvgIpc) is 2.77. The number of aryl methyl sites for hydroxylation is 1. The maximum Gasteiger partial charge on any atom is 0.219 e. The number of amides is 1. The maximum absolute atomic E-state index is 10.8. The van der Waals surface area contributed by atoms with Crippen molar-refractivity contribution in [2.24, 2.45) is 5.73 Å². The first kappa shape index (κ1) is 12.5. The van der Waals surface area contributed by atoms with Crippen LogP contribution >= 0.6 is 0 Å². The van der Waals surface area contributed by atoms with E-state index in [1.54, 1.807) is 0 Å². The summed E-state index contributed by atoms with van der Waals surface area (Å²) in [4.78, 5) is 10.8. The lowest BCUT2D eigenvalue weighted by molar-refractivity contribution is -0.118. The van der Waals surface area contributed by atoms with Gasteiger partial charge in [-0.3, -0.25) is 4.79 Å². The van der Waals surface area contributed by atoms with Crippen LogP contribution in [0.5, 0.6) is 5.75 Å². The van der Waals surface area contributed by atoms with E-state index >= 15 is 0 Å². The lowest BCUT2D eigenvalue weighted by Gasteiger charge is -2.07. The molecule has 4 nitrogen and oxygen atoms in total. The molecule has 0 spiro atoms. The van der Waals surface area contributed by atoms with E-state index < -0.39 is 0 Å². The SMILES string of the molecule is CCCOc1cccc2c1ccn2CCC(N)=O. The summed E-state index contributed by atoms with van der Waals surface area (Å²) in [5, 5.41) is 1.08. The highest BCUT2D eigenvalue weighted by molar-refractivity contribution is 5.86. The van der Waals surface area contributed by atoms with Gasteiger partial charge in [-0.2, -0.15) is 0 Å². The van der Waals surface area contributed by atoms with Crippen molar-refractivity contribution in [3.63, 3.8) is 0 Å². The molecule has 0 saturated heterocycles. The number of ether oxygens (including phenoxy) is 1. The smallest absolute Gasteiger partial charge is 0.219 e. The molecule has 0 radical (unpaired) electrons. The van der Waals surface area contributed by atoms with E-state index in [1.807, 2.05) is 35.0 Å². The van der Waals surface area contributed by atoms with Gasteiger partial charge >= 0.3 is 0 Å². The largest absolute Gasteiger partial charge is 0.493 e. The molecule has 1 aromatic heterocycles. The summed E-state index contributed by atoms with van der Waals surface area (Å²) < 4.78 is 7.73. The summed E-state index contributed by atoms with van der Waals surface area (Å²) in [5.41, 5.74) is 6.25. The van der Waals surface area contributed by atoms with E-state index in [1.165, 1.54) is 0 Å². The lowest BCUT2D eigenvalue weighted by atomic mass is 10.2. The van der Waals surface area contributed by atoms with Gasteiger partial charge in [0.25, 0.3) is 0 Å². The molecular weight excluding hydrogens is 228 g/mol. The molecule has 2 rings (SSSR count). The zero-order valence-corrected chi connectivity index (χ0v) is 10.6. The number of fused-ring (bicyclic) bond motifs is 1. The highest BCUT2D eigenvalue weighted by atomic mass is 16.5. The Morgan fingerprint density at radius 2 is 2.22 bits per heavy atom. The number of nitrogens with two attached hydrogens (primary N) is 1. The number of carbonyl (C=O) groups excluding carboxylic acids is 1. The molecule has 0 aliphatic carbocycles. The zero-order valence-electron chi connectivity index (χ0n) is 10.6. The minimum absolute atomic E-state index is 0.282. The molecule has 1 heterocycles. The Morgan fingerprint density at radius 1 is 1.39 bits per heavy atom. The second-order valence-corrected chi connectivity index (χ2v) is 4.26. The number of nitrogens with zero attached hydrogens (tertiary/aromatic N) is 1. The van der Waals surface area contributed by atoms with Crippen LogP contribution in [0.3, 0.4) is 0 Å². The highest BCUT2D eigenvalue weighted by Crippen LogP contribution is 2.26. The van der Waals surface area contributed by atoms with Gasteiger partial charge in [0, 0.05) is 24.5 Å². The molecule has 0 fully saturated rings. The van der Waals surface area contributed by atoms with Crippen LogP contribution in [-0.4, -0.2) is 17.1 Å². The molecule has 18 heavy (non-hydrogen) atoms. The van der Waals surface area contributed by atoms with E-state index in [0.717, 1.165) is 23.1 Å². The fraction of sp³-hybridized carbons (Fsp3) is 0.357. The minimum atomic E-state index is -0.282. The van der Waals surface area contributed by atoms with Crippen LogP contribution in [0.2, 0.25) is 0 Å². The van der Waals surface area contributed by atoms with Gasteiger partial charge in [0.05, 0.1) is 12.1 Å². The van der Waals surface area contributed by atoms with E-state index in [4.69, 9.17) is 10.5 Å². The second kappa shape index (κ2) is 5.58. The first-order chi connectivity index (χ1) is 8.72. The molecule has 4 heteroatoms. The maximum atomic E-state index is 10.8. The van der Waals surface area contributed by atoms with Crippen molar-refractivity contribution >= 4 is 16.8 Å². The predicted molar refractivity (Wildman–Crippen MR) is 71.5 cm³/mol. The van der Waals surface area contributed by atoms with E-state index in [0.29, 0.717) is 19.6 Å². The summed E-state index contributed by atoms with van der Waals surface area (Å²) >= 11 is 0. The molecule has 1 amide bonds. The van der Waals surface area contributed by atoms with Crippen molar-refractivity contribution < 1.29 is 9.53 Å². The molecule has 2 N–H and O–H groups in total. The minimum Gasteiger partial charge on any atom is -0.493 e. The van der Waals surface area contributed by atoms with E-state index in [-0.39, 0.29) is 5.91 Å². The molecule has 96 valence electrons. The number of hydrogen-bond acceptors (Lipinski definition) is 2. The second-order valence-electron chi connectivity index (χ2n) is 4.26. The molecule has 0 unspecified atom stereocenters. The van der Waals surface area contributed by atoms with Gasteiger partial charge in [0.15, 0.2) is 0 Å². The molecule has 2 aromatic rings. The van der Waals surface area contributed by atoms with Gasteiger partial charge in [-0.25, -0.2) is 0 Å². The van der Waals surface area contributed by atoms with Crippen molar-refractivity contribution in [3.05, 3.63) is 30.5 Å². The standard InChI is InChI=1S/C14H18N2O2/c1-2-10-18-13-5-3-4-12-11(13)6-8-16(12)9-7-14(15)17/h3-6,8H,2,7,9-10H2,1H3,(H2,15,17). The van der Waals surface area contributed by atoms with Crippen LogP contribution in [-0.2, 0) is 11.3 Å². The predicted octanol–water partition coefficient (Wildman–Crippen LogP) is 2.31. The Hall–Kier alpha value is -1.97. The van der Waals surface area contributed by atoms with Crippen molar-refractivity contribution in [1.29, 1.82) is 0 Å². The fourth-order valence-electron chi connectivity index (χ4n) is 1.96. The van der Waals surface area contributed by atoms with Crippen LogP contribution < -0.4 is 10.5 Å². The van der Waals surface area contributed by atoms with Crippen molar-refractivity contribution in [1.82, 2.24) is 4.57 Å². The molecule has 0 atom stereocenters. The van der Waals surface area contributed by atoms with Crippen LogP contribution in [0, 0.1) is 0 Å². The number of aromatic nitrogens is 1. The Labute approximate surface area is 106 Å². The van der Waals surface area contributed by atoms with Gasteiger partial charge in [-0.05, 0) is 24.6 Å². The summed E-state index contributed by atoms with van der Waals surface area (Å²) in [6.07, 6.45) is 3.30. The fourth-order valence-corrected chi connectivity index (χ4v) is 1.96. The third-order valence-electron chi connectivity index (χ3n) is 2.83. The van der Waals surface area contributed by atoms with Crippen LogP contribution in [0.25, 0.3) is 10.9 Å². The third kappa shape index (κ3) is 2.64. The number of carbonyl (C=O) groups is 1. The number of rotatable bonds is 6. The van der Waals surface area contributed by atoms with Crippen molar-refractivity contribution in [2.75, 3.05) is 6.61 Å².